The summed E-state index contributed by atoms with van der Waals surface area (Å²) >= 11 is 0. The highest BCUT2D eigenvalue weighted by atomic mass is 16.5. The van der Waals surface area contributed by atoms with Gasteiger partial charge in [0, 0.05) is 6.92 Å². The van der Waals surface area contributed by atoms with E-state index in [-0.39, 0.29) is 5.92 Å². The van der Waals surface area contributed by atoms with Crippen LogP contribution in [-0.2, 0) is 19.1 Å². The second-order valence-electron chi connectivity index (χ2n) is 3.61. The molecule has 0 radical (unpaired) electrons. The third-order valence-electron chi connectivity index (χ3n) is 2.24. The van der Waals surface area contributed by atoms with Crippen LogP contribution >= 0.6 is 0 Å². The fraction of sp³-hybridized carbons (Fsp3) is 0.700. The maximum atomic E-state index is 11.3. The Morgan fingerprint density at radius 3 is 2.31 bits per heavy atom. The van der Waals surface area contributed by atoms with Crippen LogP contribution in [-0.4, -0.2) is 30.4 Å². The number of rotatable bonds is 6. The van der Waals surface area contributed by atoms with Crippen LogP contribution in [0.4, 0.5) is 0 Å². The summed E-state index contributed by atoms with van der Waals surface area (Å²) in [5.41, 5.74) is 5.16. The summed E-state index contributed by atoms with van der Waals surface area (Å²) in [6.45, 7) is 4.50. The van der Waals surface area contributed by atoms with Crippen molar-refractivity contribution in [1.82, 2.24) is 5.32 Å². The third-order valence-corrected chi connectivity index (χ3v) is 2.24. The third kappa shape index (κ3) is 5.33. The number of hydrogen-bond donors (Lipinski definition) is 2. The Morgan fingerprint density at radius 1 is 1.38 bits per heavy atom. The number of nitrogens with one attached hydrogen (secondary N) is 1. The van der Waals surface area contributed by atoms with Gasteiger partial charge in [0.05, 0.1) is 0 Å². The van der Waals surface area contributed by atoms with Gasteiger partial charge in [-0.15, -0.1) is 0 Å². The molecule has 0 aliphatic rings. The van der Waals surface area contributed by atoms with E-state index < -0.39 is 30.4 Å². The lowest BCUT2D eigenvalue weighted by Gasteiger charge is -2.20. The van der Waals surface area contributed by atoms with Gasteiger partial charge in [0.25, 0.3) is 5.91 Å². The van der Waals surface area contributed by atoms with E-state index in [1.165, 1.54) is 6.92 Å². The number of esters is 1. The molecule has 92 valence electrons. The Balaban J connectivity index is 4.24. The second kappa shape index (κ2) is 6.81. The average Bonchev–Trinajstić information content (AvgIpc) is 2.21. The zero-order chi connectivity index (χ0) is 12.7. The zero-order valence-corrected chi connectivity index (χ0v) is 9.78. The first-order valence-corrected chi connectivity index (χ1v) is 5.10. The highest BCUT2D eigenvalue weighted by molar-refractivity contribution is 5.87. The van der Waals surface area contributed by atoms with Crippen LogP contribution in [0.1, 0.15) is 27.2 Å². The van der Waals surface area contributed by atoms with Crippen molar-refractivity contribution >= 4 is 17.8 Å². The summed E-state index contributed by atoms with van der Waals surface area (Å²) < 4.78 is 4.49. The minimum absolute atomic E-state index is 0.0567. The Kier molecular flexibility index (Phi) is 6.14. The van der Waals surface area contributed by atoms with Crippen molar-refractivity contribution in [2.45, 2.75) is 33.2 Å². The van der Waals surface area contributed by atoms with Gasteiger partial charge in [0.2, 0.25) is 5.91 Å². The number of carbonyl (C=O) groups is 3. The van der Waals surface area contributed by atoms with E-state index in [1.54, 1.807) is 0 Å². The zero-order valence-electron chi connectivity index (χ0n) is 9.78. The molecule has 0 fully saturated rings. The van der Waals surface area contributed by atoms with Gasteiger partial charge in [-0.1, -0.05) is 20.3 Å². The highest BCUT2D eigenvalue weighted by Gasteiger charge is 2.23. The highest BCUT2D eigenvalue weighted by Crippen LogP contribution is 2.06. The van der Waals surface area contributed by atoms with Crippen molar-refractivity contribution in [3.63, 3.8) is 0 Å². The van der Waals surface area contributed by atoms with E-state index in [2.05, 4.69) is 10.1 Å². The van der Waals surface area contributed by atoms with E-state index in [4.69, 9.17) is 5.73 Å². The largest absolute Gasteiger partial charge is 0.456 e. The van der Waals surface area contributed by atoms with Crippen molar-refractivity contribution in [1.29, 1.82) is 0 Å². The molecule has 0 aliphatic carbocycles. The molecule has 0 heterocycles. The molecule has 3 N–H and O–H groups in total. The van der Waals surface area contributed by atoms with Crippen molar-refractivity contribution in [3.05, 3.63) is 0 Å². The summed E-state index contributed by atoms with van der Waals surface area (Å²) in [4.78, 5) is 32.8. The number of hydrogen-bond acceptors (Lipinski definition) is 4. The van der Waals surface area contributed by atoms with Gasteiger partial charge >= 0.3 is 5.97 Å². The number of primary amides is 1. The van der Waals surface area contributed by atoms with Crippen molar-refractivity contribution in [3.8, 4) is 0 Å². The number of nitrogens with two attached hydrogens (primary N) is 1. The van der Waals surface area contributed by atoms with Gasteiger partial charge in [-0.2, -0.15) is 0 Å². The molecule has 0 unspecified atom stereocenters. The number of ether oxygens (including phenoxy) is 1. The first kappa shape index (κ1) is 14.4. The molecule has 0 aromatic rings. The first-order chi connectivity index (χ1) is 7.38. The molecule has 2 atom stereocenters. The molecule has 0 aliphatic heterocycles. The predicted octanol–water partition coefficient (Wildman–Crippen LogP) is -0.434. The smallest absolute Gasteiger partial charge is 0.303 e. The van der Waals surface area contributed by atoms with E-state index in [0.29, 0.717) is 6.42 Å². The average molecular weight is 230 g/mol. The molecule has 0 saturated carbocycles. The molecular formula is C10H18N2O4. The van der Waals surface area contributed by atoms with Crippen LogP contribution in [0.3, 0.4) is 0 Å². The summed E-state index contributed by atoms with van der Waals surface area (Å²) in [6.07, 6.45) is 0.710. The molecule has 0 spiro atoms. The van der Waals surface area contributed by atoms with Gasteiger partial charge in [-0.25, -0.2) is 0 Å². The molecule has 2 amide bonds. The predicted molar refractivity (Wildman–Crippen MR) is 57.2 cm³/mol. The Bertz CT molecular complexity index is 278. The maximum Gasteiger partial charge on any atom is 0.303 e. The van der Waals surface area contributed by atoms with Crippen molar-refractivity contribution in [2.75, 3.05) is 6.61 Å². The fourth-order valence-corrected chi connectivity index (χ4v) is 1.11. The van der Waals surface area contributed by atoms with E-state index in [0.717, 1.165) is 0 Å². The van der Waals surface area contributed by atoms with Crippen LogP contribution in [0.25, 0.3) is 0 Å². The van der Waals surface area contributed by atoms with Crippen molar-refractivity contribution < 1.29 is 19.1 Å². The molecule has 0 bridgehead atoms. The molecule has 0 aromatic heterocycles. The van der Waals surface area contributed by atoms with Crippen LogP contribution in [0, 0.1) is 5.92 Å². The first-order valence-electron chi connectivity index (χ1n) is 5.10. The molecule has 0 saturated heterocycles. The fourth-order valence-electron chi connectivity index (χ4n) is 1.11. The minimum Gasteiger partial charge on any atom is -0.456 e. The molecule has 16 heavy (non-hydrogen) atoms. The summed E-state index contributed by atoms with van der Waals surface area (Å²) in [5.74, 6) is -1.72. The van der Waals surface area contributed by atoms with Crippen LogP contribution in [0.5, 0.6) is 0 Å². The summed E-state index contributed by atoms with van der Waals surface area (Å²) in [7, 11) is 0. The van der Waals surface area contributed by atoms with Gasteiger partial charge in [-0.3, -0.25) is 14.4 Å². The van der Waals surface area contributed by atoms with Crippen molar-refractivity contribution in [2.24, 2.45) is 11.7 Å². The Labute approximate surface area is 94.5 Å². The van der Waals surface area contributed by atoms with Gasteiger partial charge in [0.1, 0.15) is 6.04 Å². The van der Waals surface area contributed by atoms with E-state index >= 15 is 0 Å². The minimum atomic E-state index is -0.729. The molecule has 0 rings (SSSR count). The van der Waals surface area contributed by atoms with Gasteiger partial charge in [-0.05, 0) is 5.92 Å². The van der Waals surface area contributed by atoms with Crippen LogP contribution in [0.2, 0.25) is 0 Å². The summed E-state index contributed by atoms with van der Waals surface area (Å²) in [5, 5.41) is 2.43. The molecule has 6 nitrogen and oxygen atoms in total. The maximum absolute atomic E-state index is 11.3. The summed E-state index contributed by atoms with van der Waals surface area (Å²) in [6, 6.07) is -0.729. The number of amides is 2. The normalized spacial score (nSPS) is 13.7. The second-order valence-corrected chi connectivity index (χ2v) is 3.61. The van der Waals surface area contributed by atoms with Gasteiger partial charge < -0.3 is 15.8 Å². The number of carbonyl (C=O) groups excluding carboxylic acids is 3. The lowest BCUT2D eigenvalue weighted by Crippen LogP contribution is -2.49. The van der Waals surface area contributed by atoms with Crippen LogP contribution < -0.4 is 11.1 Å². The van der Waals surface area contributed by atoms with Crippen LogP contribution in [0.15, 0.2) is 0 Å². The van der Waals surface area contributed by atoms with Gasteiger partial charge in [0.15, 0.2) is 6.61 Å². The monoisotopic (exact) mass is 230 g/mol. The standard InChI is InChI=1S/C10H18N2O4/c1-4-6(2)9(10(11)15)12-8(14)5-16-7(3)13/h6,9H,4-5H2,1-3H3,(H2,11,15)(H,12,14)/t6-,9-/m0/s1. The molecule has 6 heteroatoms. The lowest BCUT2D eigenvalue weighted by molar-refractivity contribution is -0.146. The SMILES string of the molecule is CC[C@H](C)[C@H](NC(=O)COC(C)=O)C(N)=O. The van der Waals surface area contributed by atoms with E-state index in [1.807, 2.05) is 13.8 Å². The Morgan fingerprint density at radius 2 is 1.94 bits per heavy atom. The lowest BCUT2D eigenvalue weighted by atomic mass is 9.99. The molecule has 0 aromatic carbocycles. The topological polar surface area (TPSA) is 98.5 Å². The quantitative estimate of drug-likeness (QED) is 0.604. The molecular weight excluding hydrogens is 212 g/mol. The van der Waals surface area contributed by atoms with E-state index in [9.17, 15) is 14.4 Å². The Hall–Kier alpha value is -1.59.